The van der Waals surface area contributed by atoms with E-state index in [4.69, 9.17) is 21.7 Å². The molecule has 3 aromatic rings. The van der Waals surface area contributed by atoms with Crippen LogP contribution in [0, 0.1) is 0 Å². The van der Waals surface area contributed by atoms with Crippen molar-refractivity contribution in [1.82, 2.24) is 14.9 Å². The molecule has 1 aliphatic carbocycles. The number of aromatic nitrogens is 2. The van der Waals surface area contributed by atoms with E-state index >= 15 is 0 Å². The smallest absolute Gasteiger partial charge is 0.170 e. The summed E-state index contributed by atoms with van der Waals surface area (Å²) >= 11 is 5.52. The van der Waals surface area contributed by atoms with Crippen molar-refractivity contribution in [3.8, 4) is 11.5 Å². The molecule has 0 spiro atoms. The van der Waals surface area contributed by atoms with Crippen molar-refractivity contribution in [2.24, 2.45) is 0 Å². The second-order valence-corrected chi connectivity index (χ2v) is 7.46. The molecule has 29 heavy (non-hydrogen) atoms. The molecule has 6 nitrogen and oxygen atoms in total. The molecule has 2 unspecified atom stereocenters. The number of nitrogens with one attached hydrogen (secondary N) is 2. The molecule has 0 amide bonds. The van der Waals surface area contributed by atoms with Crippen LogP contribution in [0.4, 0.5) is 5.69 Å². The van der Waals surface area contributed by atoms with Gasteiger partial charge in [0.1, 0.15) is 0 Å². The predicted octanol–water partition coefficient (Wildman–Crippen LogP) is 3.77. The van der Waals surface area contributed by atoms with Gasteiger partial charge in [-0.2, -0.15) is 0 Å². The van der Waals surface area contributed by atoms with Gasteiger partial charge in [0.05, 0.1) is 20.5 Å². The largest absolute Gasteiger partial charge is 0.493 e. The topological polar surface area (TPSA) is 60.3 Å². The van der Waals surface area contributed by atoms with E-state index in [2.05, 4.69) is 44.5 Å². The third-order valence-corrected chi connectivity index (χ3v) is 5.59. The number of methoxy groups -OCH3 is 2. The Kier molecular flexibility index (Phi) is 5.67. The molecular formula is C22H24N4O2S. The Morgan fingerprint density at radius 2 is 1.86 bits per heavy atom. The van der Waals surface area contributed by atoms with E-state index < -0.39 is 0 Å². The minimum absolute atomic E-state index is 0.354. The maximum atomic E-state index is 5.52. The van der Waals surface area contributed by atoms with Crippen molar-refractivity contribution < 1.29 is 9.47 Å². The third-order valence-electron chi connectivity index (χ3n) is 5.34. The molecule has 0 saturated heterocycles. The molecule has 7 heteroatoms. The second kappa shape index (κ2) is 8.53. The zero-order chi connectivity index (χ0) is 20.2. The normalized spacial score (nSPS) is 17.0. The van der Waals surface area contributed by atoms with Crippen molar-refractivity contribution in [1.29, 1.82) is 0 Å². The molecule has 1 heterocycles. The summed E-state index contributed by atoms with van der Waals surface area (Å²) in [7, 11) is 3.24. The van der Waals surface area contributed by atoms with Crippen LogP contribution < -0.4 is 20.1 Å². The van der Waals surface area contributed by atoms with E-state index in [0.717, 1.165) is 18.8 Å². The number of hydrogen-bond acceptors (Lipinski definition) is 4. The van der Waals surface area contributed by atoms with Gasteiger partial charge >= 0.3 is 0 Å². The van der Waals surface area contributed by atoms with E-state index in [1.807, 2.05) is 36.9 Å². The Bertz CT molecular complexity index is 990. The molecule has 1 aromatic heterocycles. The SMILES string of the molecule is COc1ccc(NC(=S)NCC2c3cccc(c3)C2Cn2ccnc2)cc1OC. The summed E-state index contributed by atoms with van der Waals surface area (Å²) in [5, 5.41) is 7.19. The quantitative estimate of drug-likeness (QED) is 0.581. The van der Waals surface area contributed by atoms with Crippen LogP contribution in [0.3, 0.4) is 0 Å². The van der Waals surface area contributed by atoms with Gasteiger partial charge in [0.2, 0.25) is 0 Å². The van der Waals surface area contributed by atoms with Gasteiger partial charge in [0.15, 0.2) is 16.6 Å². The summed E-state index contributed by atoms with van der Waals surface area (Å²) in [5.74, 6) is 2.09. The Morgan fingerprint density at radius 1 is 1.07 bits per heavy atom. The number of fused-ring (bicyclic) bond motifs is 2. The Balaban J connectivity index is 1.40. The van der Waals surface area contributed by atoms with Crippen LogP contribution in [0.2, 0.25) is 0 Å². The summed E-state index contributed by atoms with van der Waals surface area (Å²) in [6.45, 7) is 1.65. The van der Waals surface area contributed by atoms with E-state index in [1.54, 1.807) is 14.2 Å². The summed E-state index contributed by atoms with van der Waals surface area (Å²) in [6, 6.07) is 14.4. The average molecular weight is 409 g/mol. The number of thiocarbonyl (C=S) groups is 1. The van der Waals surface area contributed by atoms with Crippen molar-refractivity contribution in [2.45, 2.75) is 18.4 Å². The number of benzene rings is 2. The molecule has 0 radical (unpaired) electrons. The van der Waals surface area contributed by atoms with Gasteiger partial charge in [-0.1, -0.05) is 24.3 Å². The van der Waals surface area contributed by atoms with E-state index in [1.165, 1.54) is 11.1 Å². The predicted molar refractivity (Wildman–Crippen MR) is 118 cm³/mol. The lowest BCUT2D eigenvalue weighted by atomic mass is 9.90. The number of ether oxygens (including phenoxy) is 2. The lowest BCUT2D eigenvalue weighted by Crippen LogP contribution is -2.33. The molecular weight excluding hydrogens is 384 g/mol. The van der Waals surface area contributed by atoms with E-state index in [0.29, 0.717) is 28.4 Å². The van der Waals surface area contributed by atoms with Crippen molar-refractivity contribution in [3.05, 3.63) is 72.3 Å². The second-order valence-electron chi connectivity index (χ2n) is 7.05. The summed E-state index contributed by atoms with van der Waals surface area (Å²) < 4.78 is 12.8. The lowest BCUT2D eigenvalue weighted by molar-refractivity contribution is 0.355. The molecule has 0 aliphatic heterocycles. The van der Waals surface area contributed by atoms with E-state index in [9.17, 15) is 0 Å². The van der Waals surface area contributed by atoms with E-state index in [-0.39, 0.29) is 0 Å². The first-order chi connectivity index (χ1) is 14.2. The Labute approximate surface area is 175 Å². The van der Waals surface area contributed by atoms with Gasteiger partial charge < -0.3 is 24.7 Å². The van der Waals surface area contributed by atoms with Gasteiger partial charge in [-0.15, -0.1) is 0 Å². The average Bonchev–Trinajstić information content (AvgIpc) is 3.33. The highest BCUT2D eigenvalue weighted by Gasteiger charge is 2.31. The molecule has 2 N–H and O–H groups in total. The third kappa shape index (κ3) is 4.19. The van der Waals surface area contributed by atoms with Crippen LogP contribution in [-0.4, -0.2) is 35.4 Å². The minimum atomic E-state index is 0.354. The standard InChI is InChI=1S/C22H24N4O2S/c1-27-20-7-6-17(11-21(20)28-2)25-22(29)24-12-18-15-4-3-5-16(10-15)19(18)13-26-9-8-23-14-26/h3-11,14,18-19H,12-13H2,1-2H3,(H2,24,25,29). The molecule has 150 valence electrons. The Hall–Kier alpha value is -3.06. The molecule has 2 atom stereocenters. The highest BCUT2D eigenvalue weighted by atomic mass is 32.1. The lowest BCUT2D eigenvalue weighted by Gasteiger charge is -2.23. The van der Waals surface area contributed by atoms with Crippen molar-refractivity contribution >= 4 is 23.0 Å². The molecule has 0 fully saturated rings. The van der Waals surface area contributed by atoms with Gasteiger partial charge in [-0.05, 0) is 35.5 Å². The Morgan fingerprint density at radius 3 is 2.59 bits per heavy atom. The highest BCUT2D eigenvalue weighted by Crippen LogP contribution is 2.41. The fourth-order valence-electron chi connectivity index (χ4n) is 3.89. The van der Waals surface area contributed by atoms with Crippen molar-refractivity contribution in [2.75, 3.05) is 26.1 Å². The van der Waals surface area contributed by atoms with Crippen molar-refractivity contribution in [3.63, 3.8) is 0 Å². The number of hydrogen-bond donors (Lipinski definition) is 2. The first-order valence-corrected chi connectivity index (χ1v) is 9.91. The minimum Gasteiger partial charge on any atom is -0.493 e. The summed E-state index contributed by atoms with van der Waals surface area (Å²) in [6.07, 6.45) is 5.70. The molecule has 2 aromatic carbocycles. The zero-order valence-corrected chi connectivity index (χ0v) is 17.3. The summed E-state index contributed by atoms with van der Waals surface area (Å²) in [5.41, 5.74) is 3.55. The molecule has 1 aliphatic rings. The van der Waals surface area contributed by atoms with Crippen LogP contribution in [0.25, 0.3) is 0 Å². The van der Waals surface area contributed by atoms with Gasteiger partial charge in [0.25, 0.3) is 0 Å². The molecule has 0 saturated carbocycles. The molecule has 2 bridgehead atoms. The maximum absolute atomic E-state index is 5.52. The van der Waals surface area contributed by atoms with Crippen LogP contribution in [0.15, 0.2) is 61.2 Å². The van der Waals surface area contributed by atoms with Gasteiger partial charge in [0, 0.05) is 49.1 Å². The fraction of sp³-hybridized carbons (Fsp3) is 0.273. The first kappa shape index (κ1) is 19.3. The van der Waals surface area contributed by atoms with Crippen LogP contribution in [0.5, 0.6) is 11.5 Å². The van der Waals surface area contributed by atoms with Gasteiger partial charge in [-0.25, -0.2) is 4.98 Å². The number of imidazole rings is 1. The number of anilines is 1. The van der Waals surface area contributed by atoms with Crippen LogP contribution in [0.1, 0.15) is 23.0 Å². The van der Waals surface area contributed by atoms with Crippen LogP contribution >= 0.6 is 12.2 Å². The summed E-state index contributed by atoms with van der Waals surface area (Å²) in [4.78, 5) is 4.17. The fourth-order valence-corrected chi connectivity index (χ4v) is 4.09. The zero-order valence-electron chi connectivity index (χ0n) is 16.5. The number of rotatable bonds is 7. The first-order valence-electron chi connectivity index (χ1n) is 9.50. The maximum Gasteiger partial charge on any atom is 0.170 e. The van der Waals surface area contributed by atoms with Crippen LogP contribution in [-0.2, 0) is 6.54 Å². The van der Waals surface area contributed by atoms with Gasteiger partial charge in [-0.3, -0.25) is 0 Å². The molecule has 4 rings (SSSR count). The highest BCUT2D eigenvalue weighted by molar-refractivity contribution is 7.80. The number of nitrogens with zero attached hydrogens (tertiary/aromatic N) is 2. The monoisotopic (exact) mass is 408 g/mol.